The molecule has 4 aromatic rings. The second kappa shape index (κ2) is 6.81. The Morgan fingerprint density at radius 3 is 2.52 bits per heavy atom. The van der Waals surface area contributed by atoms with Crippen LogP contribution in [0.4, 0.5) is 0 Å². The lowest BCUT2D eigenvalue weighted by atomic mass is 10.2. The van der Waals surface area contributed by atoms with E-state index in [1.165, 1.54) is 12.1 Å². The number of nitriles is 1. The van der Waals surface area contributed by atoms with Gasteiger partial charge in [0, 0.05) is 11.6 Å². The summed E-state index contributed by atoms with van der Waals surface area (Å²) in [6, 6.07) is 9.48. The van der Waals surface area contributed by atoms with Gasteiger partial charge in [0.2, 0.25) is 5.69 Å². The highest BCUT2D eigenvalue weighted by atomic mass is 35.5. The minimum absolute atomic E-state index is 0.141. The van der Waals surface area contributed by atoms with E-state index in [0.29, 0.717) is 5.69 Å². The summed E-state index contributed by atoms with van der Waals surface area (Å²) < 4.78 is 2.63. The van der Waals surface area contributed by atoms with Gasteiger partial charge in [0.25, 0.3) is 5.56 Å². The van der Waals surface area contributed by atoms with E-state index < -0.39 is 16.9 Å². The van der Waals surface area contributed by atoms with Crippen molar-refractivity contribution < 1.29 is 5.11 Å². The SMILES string of the molecule is Cc1cn(-c2c(Cl)cc(-n3nc(C#N)c(=O)[nH]c3=O)cc2Cl)c2ccc(O)cc12. The highest BCUT2D eigenvalue weighted by molar-refractivity contribution is 6.38. The first-order valence-corrected chi connectivity index (χ1v) is 9.00. The Balaban J connectivity index is 1.94. The molecule has 29 heavy (non-hydrogen) atoms. The number of aromatic nitrogens is 4. The summed E-state index contributed by atoms with van der Waals surface area (Å²) in [6.07, 6.45) is 1.83. The minimum Gasteiger partial charge on any atom is -0.508 e. The molecule has 2 N–H and O–H groups in total. The van der Waals surface area contributed by atoms with E-state index in [4.69, 9.17) is 28.5 Å². The van der Waals surface area contributed by atoms with Crippen LogP contribution in [0.3, 0.4) is 0 Å². The number of phenolic OH excluding ortho intramolecular Hbond substituents is 1. The van der Waals surface area contributed by atoms with Crippen molar-refractivity contribution in [3.63, 3.8) is 0 Å². The van der Waals surface area contributed by atoms with Gasteiger partial charge in [-0.15, -0.1) is 5.10 Å². The number of aromatic amines is 1. The first-order chi connectivity index (χ1) is 13.8. The largest absolute Gasteiger partial charge is 0.508 e. The van der Waals surface area contributed by atoms with Crippen molar-refractivity contribution in [3.8, 4) is 23.2 Å². The summed E-state index contributed by atoms with van der Waals surface area (Å²) in [7, 11) is 0. The molecule has 0 saturated carbocycles. The third-order valence-corrected chi connectivity index (χ3v) is 4.98. The molecule has 0 aliphatic heterocycles. The number of aromatic hydroxyl groups is 1. The Labute approximate surface area is 172 Å². The number of hydrogen-bond acceptors (Lipinski definition) is 5. The zero-order chi connectivity index (χ0) is 20.9. The fourth-order valence-corrected chi connectivity index (χ4v) is 3.78. The number of fused-ring (bicyclic) bond motifs is 1. The van der Waals surface area contributed by atoms with Gasteiger partial charge in [0.05, 0.1) is 26.9 Å². The third-order valence-electron chi connectivity index (χ3n) is 4.41. The van der Waals surface area contributed by atoms with E-state index >= 15 is 0 Å². The van der Waals surface area contributed by atoms with Crippen molar-refractivity contribution in [2.45, 2.75) is 6.92 Å². The van der Waals surface area contributed by atoms with Gasteiger partial charge < -0.3 is 9.67 Å². The molecule has 144 valence electrons. The first kappa shape index (κ1) is 18.8. The summed E-state index contributed by atoms with van der Waals surface area (Å²) in [4.78, 5) is 25.7. The average Bonchev–Trinajstić information content (AvgIpc) is 2.97. The summed E-state index contributed by atoms with van der Waals surface area (Å²) in [6.45, 7) is 1.89. The summed E-state index contributed by atoms with van der Waals surface area (Å²) in [5.74, 6) is 0.141. The number of nitrogens with one attached hydrogen (secondary N) is 1. The maximum absolute atomic E-state index is 12.1. The number of benzene rings is 2. The number of nitrogens with zero attached hydrogens (tertiary/aromatic N) is 4. The Morgan fingerprint density at radius 2 is 1.86 bits per heavy atom. The molecule has 10 heteroatoms. The highest BCUT2D eigenvalue weighted by Gasteiger charge is 2.17. The summed E-state index contributed by atoms with van der Waals surface area (Å²) in [5, 5.41) is 23.8. The van der Waals surface area contributed by atoms with Crippen molar-refractivity contribution in [1.82, 2.24) is 19.3 Å². The zero-order valence-electron chi connectivity index (χ0n) is 14.8. The van der Waals surface area contributed by atoms with Crippen molar-refractivity contribution in [2.75, 3.05) is 0 Å². The van der Waals surface area contributed by atoms with Gasteiger partial charge in [0.15, 0.2) is 0 Å². The van der Waals surface area contributed by atoms with Crippen LogP contribution >= 0.6 is 23.2 Å². The molecule has 0 amide bonds. The zero-order valence-corrected chi connectivity index (χ0v) is 16.3. The molecule has 0 unspecified atom stereocenters. The van der Waals surface area contributed by atoms with E-state index in [1.807, 2.05) is 18.1 Å². The Kier molecular flexibility index (Phi) is 4.42. The lowest BCUT2D eigenvalue weighted by Crippen LogP contribution is -2.33. The van der Waals surface area contributed by atoms with Crippen LogP contribution in [0, 0.1) is 18.3 Å². The van der Waals surface area contributed by atoms with Crippen LogP contribution in [0.1, 0.15) is 11.3 Å². The number of halogens is 2. The van der Waals surface area contributed by atoms with Crippen LogP contribution in [0.25, 0.3) is 22.3 Å². The first-order valence-electron chi connectivity index (χ1n) is 8.24. The molecular weight excluding hydrogens is 417 g/mol. The molecule has 0 aliphatic carbocycles. The van der Waals surface area contributed by atoms with Crippen LogP contribution in [-0.2, 0) is 0 Å². The Hall–Kier alpha value is -3.54. The maximum Gasteiger partial charge on any atom is 0.349 e. The molecule has 2 aromatic heterocycles. The Bertz CT molecular complexity index is 1440. The van der Waals surface area contributed by atoms with Gasteiger partial charge in [-0.05, 0) is 42.8 Å². The fraction of sp³-hybridized carbons (Fsp3) is 0.0526. The second-order valence-corrected chi connectivity index (χ2v) is 7.09. The minimum atomic E-state index is -0.875. The van der Waals surface area contributed by atoms with E-state index in [9.17, 15) is 14.7 Å². The van der Waals surface area contributed by atoms with Crippen molar-refractivity contribution in [2.24, 2.45) is 0 Å². The molecule has 2 aromatic carbocycles. The predicted octanol–water partition coefficient (Wildman–Crippen LogP) is 3.06. The average molecular weight is 428 g/mol. The smallest absolute Gasteiger partial charge is 0.349 e. The number of aryl methyl sites for hydroxylation is 1. The van der Waals surface area contributed by atoms with Gasteiger partial charge in [0.1, 0.15) is 11.8 Å². The second-order valence-electron chi connectivity index (χ2n) is 6.27. The topological polar surface area (TPSA) is 117 Å². The quantitative estimate of drug-likeness (QED) is 0.509. The third kappa shape index (κ3) is 3.06. The van der Waals surface area contributed by atoms with Crippen molar-refractivity contribution in [1.29, 1.82) is 5.26 Å². The van der Waals surface area contributed by atoms with Crippen LogP contribution in [-0.4, -0.2) is 24.4 Å². The molecule has 0 bridgehead atoms. The standard InChI is InChI=1S/C19H11Cl2N5O3/c1-9-8-25(16-3-2-11(27)6-12(9)16)17-13(20)4-10(5-14(17)21)26-19(29)23-18(28)15(7-22)24-26/h2-6,8,27H,1H3,(H,23,28,29). The summed E-state index contributed by atoms with van der Waals surface area (Å²) >= 11 is 13.0. The Morgan fingerprint density at radius 1 is 1.17 bits per heavy atom. The number of rotatable bonds is 2. The lowest BCUT2D eigenvalue weighted by molar-refractivity contribution is 0.476. The molecule has 0 atom stereocenters. The number of phenols is 1. The van der Waals surface area contributed by atoms with E-state index in [-0.39, 0.29) is 21.5 Å². The van der Waals surface area contributed by atoms with Crippen molar-refractivity contribution in [3.05, 3.63) is 78.7 Å². The van der Waals surface area contributed by atoms with Crippen LogP contribution in [0.15, 0.2) is 46.1 Å². The highest BCUT2D eigenvalue weighted by Crippen LogP contribution is 2.35. The molecule has 0 radical (unpaired) electrons. The van der Waals surface area contributed by atoms with Crippen molar-refractivity contribution >= 4 is 34.1 Å². The summed E-state index contributed by atoms with van der Waals surface area (Å²) in [5.41, 5.74) is 0.179. The monoisotopic (exact) mass is 427 g/mol. The van der Waals surface area contributed by atoms with E-state index in [1.54, 1.807) is 28.8 Å². The number of H-pyrrole nitrogens is 1. The van der Waals surface area contributed by atoms with Gasteiger partial charge in [-0.2, -0.15) is 9.94 Å². The fourth-order valence-electron chi connectivity index (χ4n) is 3.12. The normalized spacial score (nSPS) is 11.0. The molecule has 0 spiro atoms. The predicted molar refractivity (Wildman–Crippen MR) is 108 cm³/mol. The molecule has 2 heterocycles. The lowest BCUT2D eigenvalue weighted by Gasteiger charge is -2.13. The van der Waals surface area contributed by atoms with Gasteiger partial charge in [-0.1, -0.05) is 23.2 Å². The van der Waals surface area contributed by atoms with Gasteiger partial charge in [-0.25, -0.2) is 4.79 Å². The van der Waals surface area contributed by atoms with Gasteiger partial charge in [-0.3, -0.25) is 9.78 Å². The van der Waals surface area contributed by atoms with E-state index in [2.05, 4.69) is 5.10 Å². The molecule has 0 aliphatic rings. The molecular formula is C19H11Cl2N5O3. The van der Waals surface area contributed by atoms with Crippen LogP contribution in [0.5, 0.6) is 5.75 Å². The number of hydrogen-bond donors (Lipinski definition) is 2. The van der Waals surface area contributed by atoms with Crippen LogP contribution in [0.2, 0.25) is 10.0 Å². The molecule has 0 saturated heterocycles. The maximum atomic E-state index is 12.1. The van der Waals surface area contributed by atoms with E-state index in [0.717, 1.165) is 21.1 Å². The molecule has 8 nitrogen and oxygen atoms in total. The molecule has 0 fully saturated rings. The molecule has 4 rings (SSSR count). The van der Waals surface area contributed by atoms with Crippen LogP contribution < -0.4 is 11.2 Å². The van der Waals surface area contributed by atoms with Gasteiger partial charge >= 0.3 is 5.69 Å².